The van der Waals surface area contributed by atoms with Gasteiger partial charge in [0.1, 0.15) is 6.04 Å². The van der Waals surface area contributed by atoms with Crippen LogP contribution in [0.5, 0.6) is 0 Å². The lowest BCUT2D eigenvalue weighted by Gasteiger charge is -2.14. The Morgan fingerprint density at radius 1 is 1.29 bits per heavy atom. The molecule has 2 rings (SSSR count). The van der Waals surface area contributed by atoms with Gasteiger partial charge in [-0.05, 0) is 38.9 Å². The first-order valence-corrected chi connectivity index (χ1v) is 5.53. The number of primary amides is 1. The number of carbonyl (C=O) groups is 1. The minimum Gasteiger partial charge on any atom is -0.368 e. The van der Waals surface area contributed by atoms with Crippen molar-refractivity contribution in [3.63, 3.8) is 0 Å². The molecule has 0 spiro atoms. The van der Waals surface area contributed by atoms with Gasteiger partial charge < -0.3 is 10.6 Å². The molecule has 2 heterocycles. The average molecular weight is 197 g/mol. The summed E-state index contributed by atoms with van der Waals surface area (Å²) < 4.78 is 0. The second-order valence-corrected chi connectivity index (χ2v) is 4.32. The van der Waals surface area contributed by atoms with Gasteiger partial charge in [-0.15, -0.1) is 0 Å². The molecule has 0 aromatic carbocycles. The molecule has 2 aliphatic heterocycles. The number of nitrogens with zero attached hydrogens (tertiary/aromatic N) is 2. The van der Waals surface area contributed by atoms with E-state index in [0.717, 1.165) is 13.1 Å². The van der Waals surface area contributed by atoms with Crippen molar-refractivity contribution in [2.24, 2.45) is 5.73 Å². The van der Waals surface area contributed by atoms with Crippen LogP contribution in [0, 0.1) is 0 Å². The predicted molar refractivity (Wildman–Crippen MR) is 54.8 cm³/mol. The molecule has 2 unspecified atom stereocenters. The topological polar surface area (TPSA) is 49.3 Å². The summed E-state index contributed by atoms with van der Waals surface area (Å²) >= 11 is 0. The Bertz CT molecular complexity index is 213. The van der Waals surface area contributed by atoms with Crippen LogP contribution in [0.3, 0.4) is 0 Å². The highest BCUT2D eigenvalue weighted by molar-refractivity contribution is 5.82. The van der Waals surface area contributed by atoms with Gasteiger partial charge in [-0.1, -0.05) is 0 Å². The molecule has 2 fully saturated rings. The minimum absolute atomic E-state index is 0.0496. The summed E-state index contributed by atoms with van der Waals surface area (Å²) in [5.74, 6) is -0.161. The Kier molecular flexibility index (Phi) is 3.03. The number of rotatable bonds is 5. The van der Waals surface area contributed by atoms with Crippen LogP contribution in [-0.4, -0.2) is 54.5 Å². The Balaban J connectivity index is 1.54. The molecule has 1 amide bonds. The van der Waals surface area contributed by atoms with Crippen LogP contribution in [0.4, 0.5) is 0 Å². The van der Waals surface area contributed by atoms with Gasteiger partial charge in [-0.2, -0.15) is 0 Å². The number of carbonyl (C=O) groups excluding carboxylic acids is 1. The number of hydrogen-bond acceptors (Lipinski definition) is 3. The molecule has 0 aromatic rings. The van der Waals surface area contributed by atoms with Gasteiger partial charge in [0.15, 0.2) is 0 Å². The summed E-state index contributed by atoms with van der Waals surface area (Å²) in [7, 11) is 0. The highest BCUT2D eigenvalue weighted by atomic mass is 16.1. The lowest BCUT2D eigenvalue weighted by Crippen LogP contribution is -2.25. The predicted octanol–water partition coefficient (Wildman–Crippen LogP) is -0.358. The largest absolute Gasteiger partial charge is 0.368 e. The normalized spacial score (nSPS) is 32.0. The molecule has 2 saturated heterocycles. The molecule has 2 aliphatic rings. The van der Waals surface area contributed by atoms with Crippen molar-refractivity contribution in [2.45, 2.75) is 25.3 Å². The lowest BCUT2D eigenvalue weighted by atomic mass is 10.4. The van der Waals surface area contributed by atoms with E-state index in [9.17, 15) is 4.79 Å². The molecule has 80 valence electrons. The van der Waals surface area contributed by atoms with E-state index in [1.54, 1.807) is 0 Å². The van der Waals surface area contributed by atoms with Crippen molar-refractivity contribution >= 4 is 5.91 Å². The van der Waals surface area contributed by atoms with E-state index in [0.29, 0.717) is 0 Å². The first-order chi connectivity index (χ1) is 6.77. The van der Waals surface area contributed by atoms with Crippen LogP contribution in [0.15, 0.2) is 0 Å². The molecular formula is C10H19N3O. The first-order valence-electron chi connectivity index (χ1n) is 5.53. The van der Waals surface area contributed by atoms with Crippen LogP contribution in [0.25, 0.3) is 0 Å². The maximum absolute atomic E-state index is 10.8. The van der Waals surface area contributed by atoms with E-state index in [4.69, 9.17) is 5.73 Å². The average Bonchev–Trinajstić information content (AvgIpc) is 2.73. The van der Waals surface area contributed by atoms with Crippen molar-refractivity contribution in [2.75, 3.05) is 32.7 Å². The van der Waals surface area contributed by atoms with Crippen LogP contribution in [0.1, 0.15) is 19.3 Å². The zero-order valence-electron chi connectivity index (χ0n) is 8.61. The number of likely N-dealkylation sites (tertiary alicyclic amines) is 1. The maximum Gasteiger partial charge on any atom is 0.236 e. The van der Waals surface area contributed by atoms with Gasteiger partial charge in [-0.25, -0.2) is 0 Å². The molecule has 4 nitrogen and oxygen atoms in total. The molecular weight excluding hydrogens is 178 g/mol. The van der Waals surface area contributed by atoms with Crippen LogP contribution in [-0.2, 0) is 4.79 Å². The molecule has 0 saturated carbocycles. The van der Waals surface area contributed by atoms with Crippen LogP contribution < -0.4 is 5.73 Å². The lowest BCUT2D eigenvalue weighted by molar-refractivity contribution is -0.118. The zero-order chi connectivity index (χ0) is 9.97. The molecule has 0 bridgehead atoms. The van der Waals surface area contributed by atoms with Crippen LogP contribution in [0.2, 0.25) is 0 Å². The standard InChI is InChI=1S/C10H19N3O/c11-10(14)9-8-13(9)7-3-6-12-4-1-2-5-12/h9H,1-8H2,(H2,11,14). The Morgan fingerprint density at radius 3 is 2.57 bits per heavy atom. The third-order valence-electron chi connectivity index (χ3n) is 3.16. The molecule has 0 radical (unpaired) electrons. The summed E-state index contributed by atoms with van der Waals surface area (Å²) in [5.41, 5.74) is 5.19. The smallest absolute Gasteiger partial charge is 0.236 e. The highest BCUT2D eigenvalue weighted by Gasteiger charge is 2.37. The molecule has 0 aromatic heterocycles. The van der Waals surface area contributed by atoms with Gasteiger partial charge in [0.25, 0.3) is 0 Å². The first kappa shape index (κ1) is 9.93. The number of amides is 1. The van der Waals surface area contributed by atoms with Gasteiger partial charge >= 0.3 is 0 Å². The summed E-state index contributed by atoms with van der Waals surface area (Å²) in [5, 5.41) is 0. The van der Waals surface area contributed by atoms with Gasteiger partial charge in [-0.3, -0.25) is 9.69 Å². The van der Waals surface area contributed by atoms with E-state index in [-0.39, 0.29) is 11.9 Å². The molecule has 2 N–H and O–H groups in total. The van der Waals surface area contributed by atoms with E-state index in [1.165, 1.54) is 38.9 Å². The van der Waals surface area contributed by atoms with Crippen LogP contribution >= 0.6 is 0 Å². The Hall–Kier alpha value is -0.610. The molecule has 2 atom stereocenters. The fraction of sp³-hybridized carbons (Fsp3) is 0.900. The summed E-state index contributed by atoms with van der Waals surface area (Å²) in [4.78, 5) is 15.4. The number of nitrogens with two attached hydrogens (primary N) is 1. The van der Waals surface area contributed by atoms with E-state index in [2.05, 4.69) is 9.80 Å². The van der Waals surface area contributed by atoms with Crippen molar-refractivity contribution in [1.82, 2.24) is 9.80 Å². The fourth-order valence-corrected chi connectivity index (χ4v) is 2.20. The second kappa shape index (κ2) is 4.28. The van der Waals surface area contributed by atoms with E-state index >= 15 is 0 Å². The monoisotopic (exact) mass is 197 g/mol. The van der Waals surface area contributed by atoms with E-state index < -0.39 is 0 Å². The Labute approximate surface area is 85.0 Å². The SMILES string of the molecule is NC(=O)C1CN1CCCN1CCCC1. The molecule has 4 heteroatoms. The van der Waals surface area contributed by atoms with Crippen molar-refractivity contribution in [1.29, 1.82) is 0 Å². The van der Waals surface area contributed by atoms with Gasteiger partial charge in [0.05, 0.1) is 0 Å². The minimum atomic E-state index is -0.161. The second-order valence-electron chi connectivity index (χ2n) is 4.32. The zero-order valence-corrected chi connectivity index (χ0v) is 8.61. The molecule has 14 heavy (non-hydrogen) atoms. The maximum atomic E-state index is 10.8. The summed E-state index contributed by atoms with van der Waals surface area (Å²) in [6.45, 7) is 5.62. The summed E-state index contributed by atoms with van der Waals surface area (Å²) in [6, 6.07) is 0.0496. The van der Waals surface area contributed by atoms with Crippen molar-refractivity contribution < 1.29 is 4.79 Å². The third kappa shape index (κ3) is 2.45. The fourth-order valence-electron chi connectivity index (χ4n) is 2.20. The van der Waals surface area contributed by atoms with Gasteiger partial charge in [0, 0.05) is 13.1 Å². The summed E-state index contributed by atoms with van der Waals surface area (Å²) in [6.07, 6.45) is 3.88. The third-order valence-corrected chi connectivity index (χ3v) is 3.16. The van der Waals surface area contributed by atoms with Crippen molar-refractivity contribution in [3.8, 4) is 0 Å². The highest BCUT2D eigenvalue weighted by Crippen LogP contribution is 2.17. The van der Waals surface area contributed by atoms with Gasteiger partial charge in [0.2, 0.25) is 5.91 Å². The molecule has 0 aliphatic carbocycles. The van der Waals surface area contributed by atoms with E-state index in [1.807, 2.05) is 0 Å². The number of hydrogen-bond donors (Lipinski definition) is 1. The van der Waals surface area contributed by atoms with Crippen molar-refractivity contribution in [3.05, 3.63) is 0 Å². The Morgan fingerprint density at radius 2 is 2.00 bits per heavy atom. The quantitative estimate of drug-likeness (QED) is 0.612.